The Morgan fingerprint density at radius 1 is 0.635 bits per heavy atom. The lowest BCUT2D eigenvalue weighted by molar-refractivity contribution is -0.688. The molecule has 3 heterocycles. The average Bonchev–Trinajstić information content (AvgIpc) is 3.16. The van der Waals surface area contributed by atoms with E-state index in [1.165, 1.54) is 27.9 Å². The van der Waals surface area contributed by atoms with E-state index in [0.29, 0.717) is 24.9 Å². The van der Waals surface area contributed by atoms with E-state index in [1.807, 2.05) is 56.6 Å². The average molecular weight is 686 g/mol. The van der Waals surface area contributed by atoms with Gasteiger partial charge in [0.15, 0.2) is 31.3 Å². The maximum absolute atomic E-state index is 4.90. The van der Waals surface area contributed by atoms with Crippen LogP contribution in [0.4, 0.5) is 5.69 Å². The van der Waals surface area contributed by atoms with Crippen molar-refractivity contribution in [2.75, 3.05) is 0 Å². The van der Waals surface area contributed by atoms with Crippen LogP contribution in [0, 0.1) is 0 Å². The van der Waals surface area contributed by atoms with Crippen LogP contribution in [0.15, 0.2) is 173 Å². The molecule has 5 nitrogen and oxygen atoms in total. The second-order valence-corrected chi connectivity index (χ2v) is 13.3. The van der Waals surface area contributed by atoms with Gasteiger partial charge in [0.25, 0.3) is 0 Å². The van der Waals surface area contributed by atoms with Crippen LogP contribution in [0.25, 0.3) is 16.8 Å². The van der Waals surface area contributed by atoms with Gasteiger partial charge in [0, 0.05) is 48.3 Å². The molecule has 0 radical (unpaired) electrons. The number of hydrogen-bond donors (Lipinski definition) is 0. The van der Waals surface area contributed by atoms with E-state index < -0.39 is 0 Å². The van der Waals surface area contributed by atoms with E-state index in [2.05, 4.69) is 159 Å². The zero-order valence-electron chi connectivity index (χ0n) is 31.4. The lowest BCUT2D eigenvalue weighted by Gasteiger charge is -2.08. The van der Waals surface area contributed by atoms with Crippen LogP contribution in [0.1, 0.15) is 75.9 Å². The van der Waals surface area contributed by atoms with E-state index in [1.54, 1.807) is 0 Å². The number of allylic oxidation sites excluding steroid dienone is 8. The smallest absolute Gasteiger partial charge is 0.214 e. The molecule has 0 spiro atoms. The molecule has 0 saturated heterocycles. The number of nitrogens with zero attached hydrogens (tertiary/aromatic N) is 5. The van der Waals surface area contributed by atoms with Crippen molar-refractivity contribution in [3.63, 3.8) is 0 Å². The molecule has 0 aliphatic heterocycles. The third-order valence-electron chi connectivity index (χ3n) is 8.76. The largest absolute Gasteiger partial charge is 0.287 e. The van der Waals surface area contributed by atoms with Gasteiger partial charge in [0.1, 0.15) is 5.69 Å². The van der Waals surface area contributed by atoms with Crippen molar-refractivity contribution >= 4 is 18.1 Å². The summed E-state index contributed by atoms with van der Waals surface area (Å²) in [4.78, 5) is 14.4. The third-order valence-corrected chi connectivity index (χ3v) is 8.76. The predicted molar refractivity (Wildman–Crippen MR) is 218 cm³/mol. The molecule has 0 saturated carbocycles. The minimum atomic E-state index is 0.413. The maximum Gasteiger partial charge on any atom is 0.214 e. The number of hydrogen-bond acceptors (Lipinski definition) is 3. The van der Waals surface area contributed by atoms with Gasteiger partial charge in [-0.3, -0.25) is 9.98 Å². The first kappa shape index (κ1) is 37.4. The summed E-state index contributed by atoms with van der Waals surface area (Å²) in [5.74, 6) is 0.875. The SMILES string of the molecule is C\C=C/C(=C/C=N/c1ccccc1C(C)C)C(/C=C\C)=C/C=N/Cc1cccc(C[n+]2ccc(-c3cc[n+](-c4ccccc4C(C)C)cc3)cc2)n1. The van der Waals surface area contributed by atoms with Gasteiger partial charge in [-0.05, 0) is 83.9 Å². The zero-order valence-corrected chi connectivity index (χ0v) is 31.4. The zero-order chi connectivity index (χ0) is 36.7. The van der Waals surface area contributed by atoms with Crippen molar-refractivity contribution in [1.82, 2.24) is 4.98 Å². The highest BCUT2D eigenvalue weighted by Crippen LogP contribution is 2.26. The summed E-state index contributed by atoms with van der Waals surface area (Å²) in [6, 6.07) is 31.8. The van der Waals surface area contributed by atoms with Crippen LogP contribution in [-0.4, -0.2) is 17.4 Å². The summed E-state index contributed by atoms with van der Waals surface area (Å²) in [7, 11) is 0. The first-order valence-corrected chi connectivity index (χ1v) is 18.2. The summed E-state index contributed by atoms with van der Waals surface area (Å²) < 4.78 is 4.36. The second kappa shape index (κ2) is 19.0. The van der Waals surface area contributed by atoms with Crippen LogP contribution in [0.5, 0.6) is 0 Å². The standard InChI is InChI=1S/C47H51N5/c1-7-14-38(39(15-8-2)23-29-49-46-20-11-9-18-44(46)36(3)4)22-28-48-34-42-16-13-17-43(50-42)35-51-30-24-40(25-31-51)41-26-32-52(33-27-41)47-21-12-10-19-45(47)37(5)6/h7-33,36-37H,34-35H2,1-6H3/q+2/b14-7-,15-8-,38-22+,39-23-,48-28+,49-29+. The Bertz CT molecular complexity index is 2090. The number of benzene rings is 2. The number of aliphatic imine (C=N–C) groups is 2. The quantitative estimate of drug-likeness (QED) is 0.0652. The molecule has 0 aliphatic carbocycles. The Balaban J connectivity index is 1.22. The Hall–Kier alpha value is -5.81. The number of rotatable bonds is 14. The first-order valence-electron chi connectivity index (χ1n) is 18.2. The fourth-order valence-electron chi connectivity index (χ4n) is 6.06. The van der Waals surface area contributed by atoms with E-state index in [9.17, 15) is 0 Å². The van der Waals surface area contributed by atoms with Gasteiger partial charge in [-0.15, -0.1) is 0 Å². The van der Waals surface area contributed by atoms with Crippen molar-refractivity contribution in [1.29, 1.82) is 0 Å². The van der Waals surface area contributed by atoms with Gasteiger partial charge in [-0.2, -0.15) is 9.13 Å². The Labute approximate surface area is 310 Å². The van der Waals surface area contributed by atoms with E-state index in [0.717, 1.165) is 28.2 Å². The van der Waals surface area contributed by atoms with E-state index >= 15 is 0 Å². The number of aromatic nitrogens is 3. The van der Waals surface area contributed by atoms with Crippen LogP contribution in [-0.2, 0) is 13.1 Å². The number of pyridine rings is 3. The molecule has 262 valence electrons. The Kier molecular flexibility index (Phi) is 13.7. The van der Waals surface area contributed by atoms with E-state index in [4.69, 9.17) is 15.0 Å². The lowest BCUT2D eigenvalue weighted by atomic mass is 10.0. The third kappa shape index (κ3) is 10.4. The van der Waals surface area contributed by atoms with Crippen LogP contribution < -0.4 is 9.13 Å². The highest BCUT2D eigenvalue weighted by atomic mass is 15.0. The molecular weight excluding hydrogens is 635 g/mol. The molecule has 0 atom stereocenters. The Morgan fingerprint density at radius 3 is 1.87 bits per heavy atom. The first-order chi connectivity index (χ1) is 25.4. The summed E-state index contributed by atoms with van der Waals surface area (Å²) in [6.07, 6.45) is 24.7. The van der Waals surface area contributed by atoms with Gasteiger partial charge in [-0.25, -0.2) is 4.98 Å². The van der Waals surface area contributed by atoms with Crippen molar-refractivity contribution in [3.05, 3.63) is 186 Å². The molecule has 0 amide bonds. The fourth-order valence-corrected chi connectivity index (χ4v) is 6.06. The normalized spacial score (nSPS) is 12.8. The van der Waals surface area contributed by atoms with Crippen molar-refractivity contribution < 1.29 is 9.13 Å². The fraction of sp³-hybridized carbons (Fsp3) is 0.213. The minimum Gasteiger partial charge on any atom is -0.287 e. The summed E-state index contributed by atoms with van der Waals surface area (Å²) in [6.45, 7) is 14.1. The Morgan fingerprint density at radius 2 is 1.21 bits per heavy atom. The molecule has 3 aromatic heterocycles. The second-order valence-electron chi connectivity index (χ2n) is 13.3. The topological polar surface area (TPSA) is 45.4 Å². The van der Waals surface area contributed by atoms with Gasteiger partial charge in [-0.1, -0.05) is 94.5 Å². The van der Waals surface area contributed by atoms with Crippen molar-refractivity contribution in [2.45, 2.75) is 66.5 Å². The molecular formula is C47H51N5+2. The van der Waals surface area contributed by atoms with Gasteiger partial charge < -0.3 is 0 Å². The molecule has 5 rings (SSSR count). The number of para-hydroxylation sites is 2. The molecule has 52 heavy (non-hydrogen) atoms. The molecule has 2 aromatic carbocycles. The lowest BCUT2D eigenvalue weighted by Crippen LogP contribution is -2.33. The molecule has 5 heteroatoms. The van der Waals surface area contributed by atoms with Crippen LogP contribution in [0.2, 0.25) is 0 Å². The van der Waals surface area contributed by atoms with Gasteiger partial charge in [0.05, 0.1) is 17.9 Å². The molecule has 0 bridgehead atoms. The monoisotopic (exact) mass is 685 g/mol. The molecule has 0 aliphatic rings. The summed E-state index contributed by atoms with van der Waals surface area (Å²) in [5.41, 5.74) is 11.2. The highest BCUT2D eigenvalue weighted by molar-refractivity contribution is 5.81. The summed E-state index contributed by atoms with van der Waals surface area (Å²) in [5, 5.41) is 0. The van der Waals surface area contributed by atoms with Crippen molar-refractivity contribution in [2.24, 2.45) is 9.98 Å². The van der Waals surface area contributed by atoms with Crippen LogP contribution >= 0.6 is 0 Å². The van der Waals surface area contributed by atoms with Crippen LogP contribution in [0.3, 0.4) is 0 Å². The van der Waals surface area contributed by atoms with E-state index in [-0.39, 0.29) is 0 Å². The summed E-state index contributed by atoms with van der Waals surface area (Å²) >= 11 is 0. The maximum atomic E-state index is 4.90. The highest BCUT2D eigenvalue weighted by Gasteiger charge is 2.15. The molecule has 0 unspecified atom stereocenters. The van der Waals surface area contributed by atoms with Crippen molar-refractivity contribution in [3.8, 4) is 16.8 Å². The minimum absolute atomic E-state index is 0.413. The predicted octanol–water partition coefficient (Wildman–Crippen LogP) is 10.6. The molecule has 0 fully saturated rings. The molecule has 0 N–H and O–H groups in total. The van der Waals surface area contributed by atoms with Gasteiger partial charge in [0.2, 0.25) is 5.69 Å². The molecule has 5 aromatic rings. The van der Waals surface area contributed by atoms with Gasteiger partial charge >= 0.3 is 0 Å².